The van der Waals surface area contributed by atoms with Gasteiger partial charge in [0.1, 0.15) is 17.5 Å². The van der Waals surface area contributed by atoms with Gasteiger partial charge in [-0.2, -0.15) is 13.2 Å². The van der Waals surface area contributed by atoms with Gasteiger partial charge in [-0.15, -0.1) is 0 Å². The van der Waals surface area contributed by atoms with Crippen LogP contribution >= 0.6 is 0 Å². The second kappa shape index (κ2) is 3.73. The predicted molar refractivity (Wildman–Crippen MR) is 37.3 cm³/mol. The first-order valence-electron chi connectivity index (χ1n) is 3.62. The maximum atomic E-state index is 12.8. The topological polar surface area (TPSA) is 20.2 Å². The van der Waals surface area contributed by atoms with Crippen molar-refractivity contribution < 1.29 is 31.4 Å². The summed E-state index contributed by atoms with van der Waals surface area (Å²) in [6.07, 6.45) is -8.52. The first kappa shape index (κ1) is 11.8. The Balaban J connectivity index is 3.26. The Morgan fingerprint density at radius 2 is 1.40 bits per heavy atom. The van der Waals surface area contributed by atoms with E-state index in [-0.39, 0.29) is 12.1 Å². The molecule has 0 unspecified atom stereocenters. The average Bonchev–Trinajstić information content (AvgIpc) is 1.99. The third-order valence-electron chi connectivity index (χ3n) is 1.63. The van der Waals surface area contributed by atoms with Crippen LogP contribution in [-0.4, -0.2) is 11.3 Å². The lowest BCUT2D eigenvalue weighted by molar-refractivity contribution is -0.208. The third kappa shape index (κ3) is 2.41. The van der Waals surface area contributed by atoms with Gasteiger partial charge in [-0.25, -0.2) is 13.2 Å². The van der Waals surface area contributed by atoms with Crippen molar-refractivity contribution in [3.63, 3.8) is 0 Å². The second-order valence-corrected chi connectivity index (χ2v) is 2.73. The van der Waals surface area contributed by atoms with Crippen LogP contribution in [0.1, 0.15) is 11.7 Å². The lowest BCUT2D eigenvalue weighted by Gasteiger charge is -2.15. The van der Waals surface area contributed by atoms with E-state index in [0.717, 1.165) is 0 Å². The summed E-state index contributed by atoms with van der Waals surface area (Å²) in [5, 5.41) is 8.58. The lowest BCUT2D eigenvalue weighted by atomic mass is 10.1. The SMILES string of the molecule is O[C@H](c1c(F)cc(F)cc1F)C(F)(F)F. The zero-order chi connectivity index (χ0) is 11.8. The molecule has 0 saturated heterocycles. The van der Waals surface area contributed by atoms with Crippen molar-refractivity contribution >= 4 is 0 Å². The highest BCUT2D eigenvalue weighted by molar-refractivity contribution is 5.24. The van der Waals surface area contributed by atoms with Gasteiger partial charge in [-0.3, -0.25) is 0 Å². The Bertz CT molecular complexity index is 349. The molecule has 1 rings (SSSR count). The molecule has 0 heterocycles. The normalized spacial score (nSPS) is 14.1. The van der Waals surface area contributed by atoms with Crippen LogP contribution in [0.2, 0.25) is 0 Å². The largest absolute Gasteiger partial charge is 0.418 e. The lowest BCUT2D eigenvalue weighted by Crippen LogP contribution is -2.22. The van der Waals surface area contributed by atoms with Gasteiger partial charge < -0.3 is 5.11 Å². The molecule has 0 aliphatic rings. The van der Waals surface area contributed by atoms with Crippen LogP contribution in [0.25, 0.3) is 0 Å². The number of alkyl halides is 3. The van der Waals surface area contributed by atoms with Crippen LogP contribution in [0.3, 0.4) is 0 Å². The van der Waals surface area contributed by atoms with E-state index >= 15 is 0 Å². The van der Waals surface area contributed by atoms with E-state index in [9.17, 15) is 26.3 Å². The van der Waals surface area contributed by atoms with Crippen molar-refractivity contribution in [1.82, 2.24) is 0 Å². The molecule has 0 radical (unpaired) electrons. The summed E-state index contributed by atoms with van der Waals surface area (Å²) in [6.45, 7) is 0. The molecule has 1 nitrogen and oxygen atoms in total. The van der Waals surface area contributed by atoms with Gasteiger partial charge in [0.2, 0.25) is 0 Å². The average molecular weight is 230 g/mol. The molecule has 0 aromatic heterocycles. The maximum absolute atomic E-state index is 12.8. The van der Waals surface area contributed by atoms with E-state index in [0.29, 0.717) is 0 Å². The van der Waals surface area contributed by atoms with E-state index < -0.39 is 35.3 Å². The standard InChI is InChI=1S/C8H4F6O/c9-3-1-4(10)6(5(11)2-3)7(15)8(12,13)14/h1-2,7,15H/t7-/m1/s1. The highest BCUT2D eigenvalue weighted by Gasteiger charge is 2.42. The Kier molecular flexibility index (Phi) is 2.94. The highest BCUT2D eigenvalue weighted by atomic mass is 19.4. The molecule has 0 fully saturated rings. The molecular weight excluding hydrogens is 226 g/mol. The molecule has 0 bridgehead atoms. The van der Waals surface area contributed by atoms with Gasteiger partial charge in [0.25, 0.3) is 0 Å². The summed E-state index contributed by atoms with van der Waals surface area (Å²) in [5.74, 6) is -4.92. The minimum atomic E-state index is -5.21. The number of aliphatic hydroxyl groups excluding tert-OH is 1. The molecule has 0 spiro atoms. The van der Waals surface area contributed by atoms with Gasteiger partial charge in [0.05, 0.1) is 5.56 Å². The molecule has 1 aromatic rings. The summed E-state index contributed by atoms with van der Waals surface area (Å²) in [5.41, 5.74) is -1.61. The van der Waals surface area contributed by atoms with E-state index in [1.54, 1.807) is 0 Å². The van der Waals surface area contributed by atoms with Crippen LogP contribution in [0.4, 0.5) is 26.3 Å². The Morgan fingerprint density at radius 1 is 1.00 bits per heavy atom. The summed E-state index contributed by atoms with van der Waals surface area (Å²) in [7, 11) is 0. The number of halogens is 6. The number of benzene rings is 1. The Hall–Kier alpha value is -1.24. The van der Waals surface area contributed by atoms with Crippen molar-refractivity contribution in [3.8, 4) is 0 Å². The Morgan fingerprint density at radius 3 is 1.73 bits per heavy atom. The first-order chi connectivity index (χ1) is 6.73. The fourth-order valence-corrected chi connectivity index (χ4v) is 0.978. The summed E-state index contributed by atoms with van der Waals surface area (Å²) < 4.78 is 73.6. The van der Waals surface area contributed by atoms with Crippen LogP contribution in [-0.2, 0) is 0 Å². The summed E-state index contributed by atoms with van der Waals surface area (Å²) >= 11 is 0. The maximum Gasteiger partial charge on any atom is 0.418 e. The smallest absolute Gasteiger partial charge is 0.379 e. The van der Waals surface area contributed by atoms with E-state index in [1.807, 2.05) is 0 Å². The number of hydrogen-bond donors (Lipinski definition) is 1. The van der Waals surface area contributed by atoms with E-state index in [2.05, 4.69) is 0 Å². The monoisotopic (exact) mass is 230 g/mol. The minimum Gasteiger partial charge on any atom is -0.379 e. The van der Waals surface area contributed by atoms with Crippen LogP contribution in [0.15, 0.2) is 12.1 Å². The number of hydrogen-bond acceptors (Lipinski definition) is 1. The molecule has 0 aliphatic carbocycles. The molecule has 1 aromatic carbocycles. The number of rotatable bonds is 1. The summed E-state index contributed by atoms with van der Waals surface area (Å²) in [6, 6.07) is 0.126. The van der Waals surface area contributed by atoms with Crippen molar-refractivity contribution in [1.29, 1.82) is 0 Å². The van der Waals surface area contributed by atoms with Crippen molar-refractivity contribution in [2.45, 2.75) is 12.3 Å². The van der Waals surface area contributed by atoms with Crippen LogP contribution < -0.4 is 0 Å². The van der Waals surface area contributed by atoms with Crippen LogP contribution in [0.5, 0.6) is 0 Å². The highest BCUT2D eigenvalue weighted by Crippen LogP contribution is 2.35. The molecule has 1 N–H and O–H groups in total. The minimum absolute atomic E-state index is 0.0629. The predicted octanol–water partition coefficient (Wildman–Crippen LogP) is 2.70. The van der Waals surface area contributed by atoms with Gasteiger partial charge in [0.15, 0.2) is 6.10 Å². The molecule has 1 atom stereocenters. The molecular formula is C8H4F6O. The van der Waals surface area contributed by atoms with Crippen LogP contribution in [0, 0.1) is 17.5 Å². The summed E-state index contributed by atoms with van der Waals surface area (Å²) in [4.78, 5) is 0. The molecule has 7 heteroatoms. The van der Waals surface area contributed by atoms with Crippen molar-refractivity contribution in [2.24, 2.45) is 0 Å². The molecule has 15 heavy (non-hydrogen) atoms. The van der Waals surface area contributed by atoms with Crippen molar-refractivity contribution in [3.05, 3.63) is 35.1 Å². The number of aliphatic hydroxyl groups is 1. The van der Waals surface area contributed by atoms with Gasteiger partial charge >= 0.3 is 6.18 Å². The van der Waals surface area contributed by atoms with E-state index in [1.165, 1.54) is 0 Å². The zero-order valence-corrected chi connectivity index (χ0v) is 6.95. The fraction of sp³-hybridized carbons (Fsp3) is 0.250. The molecule has 0 amide bonds. The van der Waals surface area contributed by atoms with Crippen molar-refractivity contribution in [2.75, 3.05) is 0 Å². The fourth-order valence-electron chi connectivity index (χ4n) is 0.978. The third-order valence-corrected chi connectivity index (χ3v) is 1.63. The van der Waals surface area contributed by atoms with Gasteiger partial charge in [-0.1, -0.05) is 0 Å². The second-order valence-electron chi connectivity index (χ2n) is 2.73. The quantitative estimate of drug-likeness (QED) is 0.735. The van der Waals surface area contributed by atoms with E-state index in [4.69, 9.17) is 5.11 Å². The van der Waals surface area contributed by atoms with Gasteiger partial charge in [-0.05, 0) is 0 Å². The molecule has 84 valence electrons. The Labute approximate surface area is 79.9 Å². The first-order valence-corrected chi connectivity index (χ1v) is 3.62. The zero-order valence-electron chi connectivity index (χ0n) is 6.95. The molecule has 0 saturated carbocycles. The molecule has 0 aliphatic heterocycles. The van der Waals surface area contributed by atoms with Gasteiger partial charge in [0, 0.05) is 12.1 Å².